The van der Waals surface area contributed by atoms with E-state index in [0.29, 0.717) is 11.8 Å². The van der Waals surface area contributed by atoms with Gasteiger partial charge in [0.2, 0.25) is 0 Å². The summed E-state index contributed by atoms with van der Waals surface area (Å²) in [5, 5.41) is 11.1. The van der Waals surface area contributed by atoms with Gasteiger partial charge in [-0.25, -0.2) is 0 Å². The normalized spacial score (nSPS) is 26.6. The number of benzene rings is 1. The number of hydrogen-bond acceptors (Lipinski definition) is 3. The van der Waals surface area contributed by atoms with Crippen LogP contribution in [0.25, 0.3) is 0 Å². The molecule has 0 aromatic heterocycles. The van der Waals surface area contributed by atoms with E-state index in [0.717, 1.165) is 42.7 Å². The van der Waals surface area contributed by atoms with Gasteiger partial charge in [-0.05, 0) is 49.7 Å². The molecule has 0 spiro atoms. The lowest BCUT2D eigenvalue weighted by molar-refractivity contribution is -0.0233. The maximum absolute atomic E-state index is 11.1. The Hall–Kier alpha value is -1.22. The third-order valence-corrected chi connectivity index (χ3v) is 4.69. The van der Waals surface area contributed by atoms with Gasteiger partial charge < -0.3 is 14.6 Å². The fourth-order valence-electron chi connectivity index (χ4n) is 3.34. The number of methoxy groups -OCH3 is 2. The molecule has 0 unspecified atom stereocenters. The first-order valence-electron chi connectivity index (χ1n) is 7.45. The van der Waals surface area contributed by atoms with Crippen LogP contribution in [0.4, 0.5) is 0 Å². The largest absolute Gasteiger partial charge is 0.496 e. The highest BCUT2D eigenvalue weighted by atomic mass is 16.5. The van der Waals surface area contributed by atoms with Crippen molar-refractivity contribution in [2.45, 2.75) is 45.1 Å². The Labute approximate surface area is 121 Å². The lowest BCUT2D eigenvalue weighted by Gasteiger charge is -2.39. The van der Waals surface area contributed by atoms with Crippen LogP contribution in [0.15, 0.2) is 18.2 Å². The van der Waals surface area contributed by atoms with E-state index in [1.54, 1.807) is 14.2 Å². The molecule has 0 amide bonds. The second kappa shape index (κ2) is 6.04. The molecule has 3 nitrogen and oxygen atoms in total. The smallest absolute Gasteiger partial charge is 0.128 e. The van der Waals surface area contributed by atoms with E-state index >= 15 is 0 Å². The topological polar surface area (TPSA) is 38.7 Å². The molecule has 20 heavy (non-hydrogen) atoms. The Balaban J connectivity index is 2.31. The zero-order chi connectivity index (χ0) is 14.8. The molecule has 0 heterocycles. The third kappa shape index (κ3) is 2.78. The van der Waals surface area contributed by atoms with Gasteiger partial charge in [0.1, 0.15) is 11.5 Å². The maximum Gasteiger partial charge on any atom is 0.128 e. The van der Waals surface area contributed by atoms with E-state index in [4.69, 9.17) is 9.47 Å². The SMILES string of the molecule is COc1cccc(OC)c1C1(O)CCC(C(C)C)CC1. The maximum atomic E-state index is 11.1. The highest BCUT2D eigenvalue weighted by Gasteiger charge is 2.39. The van der Waals surface area contributed by atoms with Crippen LogP contribution in [-0.2, 0) is 5.60 Å². The van der Waals surface area contributed by atoms with Crippen LogP contribution in [0.5, 0.6) is 11.5 Å². The lowest BCUT2D eigenvalue weighted by Crippen LogP contribution is -2.33. The summed E-state index contributed by atoms with van der Waals surface area (Å²) in [7, 11) is 3.28. The zero-order valence-electron chi connectivity index (χ0n) is 13.0. The summed E-state index contributed by atoms with van der Waals surface area (Å²) in [6, 6.07) is 5.68. The molecule has 1 aliphatic carbocycles. The van der Waals surface area contributed by atoms with Crippen molar-refractivity contribution in [2.75, 3.05) is 14.2 Å². The first kappa shape index (κ1) is 15.2. The Morgan fingerprint density at radius 2 is 1.60 bits per heavy atom. The average molecular weight is 278 g/mol. The minimum Gasteiger partial charge on any atom is -0.496 e. The van der Waals surface area contributed by atoms with Crippen LogP contribution >= 0.6 is 0 Å². The second-order valence-corrected chi connectivity index (χ2v) is 6.15. The molecule has 0 saturated heterocycles. The fraction of sp³-hybridized carbons (Fsp3) is 0.647. The van der Waals surface area contributed by atoms with Crippen LogP contribution in [-0.4, -0.2) is 19.3 Å². The van der Waals surface area contributed by atoms with Crippen molar-refractivity contribution in [1.29, 1.82) is 0 Å². The minimum absolute atomic E-state index is 0.680. The molecule has 2 rings (SSSR count). The minimum atomic E-state index is -0.830. The molecule has 1 aromatic carbocycles. The summed E-state index contributed by atoms with van der Waals surface area (Å²) in [4.78, 5) is 0. The van der Waals surface area contributed by atoms with Gasteiger partial charge in [-0.1, -0.05) is 19.9 Å². The Kier molecular flexibility index (Phi) is 4.59. The summed E-state index contributed by atoms with van der Waals surface area (Å²) < 4.78 is 10.9. The van der Waals surface area contributed by atoms with Gasteiger partial charge in [0.25, 0.3) is 0 Å². The van der Waals surface area contributed by atoms with Gasteiger partial charge >= 0.3 is 0 Å². The molecule has 1 aliphatic rings. The lowest BCUT2D eigenvalue weighted by atomic mass is 9.71. The van der Waals surface area contributed by atoms with E-state index in [1.165, 1.54) is 0 Å². The molecule has 3 heteroatoms. The van der Waals surface area contributed by atoms with Gasteiger partial charge in [-0.2, -0.15) is 0 Å². The van der Waals surface area contributed by atoms with Gasteiger partial charge in [0, 0.05) is 0 Å². The molecule has 1 fully saturated rings. The van der Waals surface area contributed by atoms with Crippen molar-refractivity contribution in [3.05, 3.63) is 23.8 Å². The molecule has 1 aromatic rings. The number of ether oxygens (including phenoxy) is 2. The quantitative estimate of drug-likeness (QED) is 0.912. The van der Waals surface area contributed by atoms with Crippen molar-refractivity contribution in [2.24, 2.45) is 11.8 Å². The molecule has 112 valence electrons. The van der Waals surface area contributed by atoms with E-state index in [9.17, 15) is 5.11 Å². The standard InChI is InChI=1S/C17H26O3/c1-12(2)13-8-10-17(18,11-9-13)16-14(19-3)6-5-7-15(16)20-4/h5-7,12-13,18H,8-11H2,1-4H3. The molecule has 0 atom stereocenters. The van der Waals surface area contributed by atoms with Gasteiger partial charge in [-0.3, -0.25) is 0 Å². The van der Waals surface area contributed by atoms with Crippen molar-refractivity contribution in [1.82, 2.24) is 0 Å². The van der Waals surface area contributed by atoms with Crippen LogP contribution in [0.1, 0.15) is 45.1 Å². The molecule has 1 N–H and O–H groups in total. The second-order valence-electron chi connectivity index (χ2n) is 6.15. The van der Waals surface area contributed by atoms with Gasteiger partial charge in [-0.15, -0.1) is 0 Å². The third-order valence-electron chi connectivity index (χ3n) is 4.69. The number of rotatable bonds is 4. The molecular formula is C17H26O3. The summed E-state index contributed by atoms with van der Waals surface area (Å²) in [6.45, 7) is 4.53. The summed E-state index contributed by atoms with van der Waals surface area (Å²) >= 11 is 0. The van der Waals surface area contributed by atoms with E-state index < -0.39 is 5.60 Å². The average Bonchev–Trinajstić information content (AvgIpc) is 2.46. The van der Waals surface area contributed by atoms with E-state index in [1.807, 2.05) is 18.2 Å². The van der Waals surface area contributed by atoms with E-state index in [2.05, 4.69) is 13.8 Å². The monoisotopic (exact) mass is 278 g/mol. The Bertz CT molecular complexity index is 423. The first-order valence-corrected chi connectivity index (χ1v) is 7.45. The number of hydrogen-bond donors (Lipinski definition) is 1. The summed E-state index contributed by atoms with van der Waals surface area (Å²) in [5.74, 6) is 2.82. The molecule has 0 radical (unpaired) electrons. The van der Waals surface area contributed by atoms with Crippen LogP contribution in [0.3, 0.4) is 0 Å². The highest BCUT2D eigenvalue weighted by molar-refractivity contribution is 5.48. The molecule has 0 aliphatic heterocycles. The van der Waals surface area contributed by atoms with Crippen molar-refractivity contribution in [3.8, 4) is 11.5 Å². The first-order chi connectivity index (χ1) is 9.51. The van der Waals surface area contributed by atoms with E-state index in [-0.39, 0.29) is 0 Å². The van der Waals surface area contributed by atoms with Crippen molar-refractivity contribution >= 4 is 0 Å². The summed E-state index contributed by atoms with van der Waals surface area (Å²) in [5.41, 5.74) is -0.0178. The van der Waals surface area contributed by atoms with Crippen molar-refractivity contribution in [3.63, 3.8) is 0 Å². The van der Waals surface area contributed by atoms with Crippen molar-refractivity contribution < 1.29 is 14.6 Å². The molecule has 1 saturated carbocycles. The highest BCUT2D eigenvalue weighted by Crippen LogP contribution is 2.47. The zero-order valence-corrected chi connectivity index (χ0v) is 13.0. The Morgan fingerprint density at radius 3 is 2.00 bits per heavy atom. The predicted molar refractivity (Wildman–Crippen MR) is 80.2 cm³/mol. The van der Waals surface area contributed by atoms with Gasteiger partial charge in [0.05, 0.1) is 25.4 Å². The fourth-order valence-corrected chi connectivity index (χ4v) is 3.34. The van der Waals surface area contributed by atoms with Crippen LogP contribution in [0.2, 0.25) is 0 Å². The molecular weight excluding hydrogens is 252 g/mol. The predicted octanol–water partition coefficient (Wildman–Crippen LogP) is 3.74. The number of aliphatic hydroxyl groups is 1. The van der Waals surface area contributed by atoms with Crippen LogP contribution < -0.4 is 9.47 Å². The van der Waals surface area contributed by atoms with Gasteiger partial charge in [0.15, 0.2) is 0 Å². The summed E-state index contributed by atoms with van der Waals surface area (Å²) in [6.07, 6.45) is 3.64. The van der Waals surface area contributed by atoms with Crippen LogP contribution in [0, 0.1) is 11.8 Å². The molecule has 0 bridgehead atoms. The Morgan fingerprint density at radius 1 is 1.10 bits per heavy atom.